The zero-order valence-corrected chi connectivity index (χ0v) is 17.8. The Morgan fingerprint density at radius 3 is 2.72 bits per heavy atom. The van der Waals surface area contributed by atoms with Gasteiger partial charge in [-0.25, -0.2) is 9.97 Å². The summed E-state index contributed by atoms with van der Waals surface area (Å²) in [4.78, 5) is 20.8. The number of carbonyl (C=O) groups is 1. The smallest absolute Gasteiger partial charge is 0.404 e. The fraction of sp³-hybridized carbons (Fsp3) is 0.350. The number of alkyl halides is 3. The van der Waals surface area contributed by atoms with Crippen molar-refractivity contribution in [3.63, 3.8) is 0 Å². The molecule has 1 amide bonds. The van der Waals surface area contributed by atoms with Crippen LogP contribution in [0.1, 0.15) is 22.6 Å². The summed E-state index contributed by atoms with van der Waals surface area (Å²) in [6, 6.07) is 4.07. The van der Waals surface area contributed by atoms with Gasteiger partial charge in [0.25, 0.3) is 5.91 Å². The second-order valence-electron chi connectivity index (χ2n) is 6.47. The van der Waals surface area contributed by atoms with Crippen LogP contribution in [0.3, 0.4) is 0 Å². The van der Waals surface area contributed by atoms with Gasteiger partial charge in [-0.3, -0.25) is 4.79 Å². The van der Waals surface area contributed by atoms with E-state index in [4.69, 9.17) is 27.2 Å². The lowest BCUT2D eigenvalue weighted by molar-refractivity contribution is -0.274. The van der Waals surface area contributed by atoms with Gasteiger partial charge in [-0.1, -0.05) is 17.7 Å². The average molecular weight is 475 g/mol. The van der Waals surface area contributed by atoms with E-state index >= 15 is 0 Å². The topological polar surface area (TPSA) is 120 Å². The van der Waals surface area contributed by atoms with E-state index in [-0.39, 0.29) is 49.2 Å². The lowest BCUT2D eigenvalue weighted by atomic mass is 10.0. The first-order valence-corrected chi connectivity index (χ1v) is 9.78. The lowest BCUT2D eigenvalue weighted by Crippen LogP contribution is -2.29. The minimum atomic E-state index is -4.86. The number of nitrogens with two attached hydrogens (primary N) is 1. The zero-order valence-electron chi connectivity index (χ0n) is 17.1. The third kappa shape index (κ3) is 7.66. The summed E-state index contributed by atoms with van der Waals surface area (Å²) in [5, 5.41) is 11.1. The van der Waals surface area contributed by atoms with Crippen molar-refractivity contribution in [3.05, 3.63) is 58.3 Å². The summed E-state index contributed by atoms with van der Waals surface area (Å²) in [6.07, 6.45) is -2.09. The molecule has 1 aromatic heterocycles. The van der Waals surface area contributed by atoms with Gasteiger partial charge in [-0.15, -0.1) is 13.2 Å². The molecule has 4 N–H and O–H groups in total. The predicted octanol–water partition coefficient (Wildman–Crippen LogP) is 2.35. The van der Waals surface area contributed by atoms with Crippen LogP contribution in [0.25, 0.3) is 5.57 Å². The molecular weight excluding hydrogens is 453 g/mol. The van der Waals surface area contributed by atoms with E-state index in [1.54, 1.807) is 13.0 Å². The van der Waals surface area contributed by atoms with Crippen LogP contribution < -0.4 is 15.8 Å². The van der Waals surface area contributed by atoms with Crippen LogP contribution >= 0.6 is 11.6 Å². The number of carbonyl (C=O) groups excluding carboxylic acids is 1. The van der Waals surface area contributed by atoms with Crippen molar-refractivity contribution in [1.82, 2.24) is 15.3 Å². The summed E-state index contributed by atoms with van der Waals surface area (Å²) >= 11 is 5.77. The van der Waals surface area contributed by atoms with Crippen molar-refractivity contribution in [2.75, 3.05) is 26.4 Å². The van der Waals surface area contributed by atoms with Crippen LogP contribution in [0, 0.1) is 6.92 Å². The van der Waals surface area contributed by atoms with E-state index in [1.165, 1.54) is 18.3 Å². The fourth-order valence-corrected chi connectivity index (χ4v) is 2.78. The number of aliphatic hydroxyl groups is 1. The fourth-order valence-electron chi connectivity index (χ4n) is 2.63. The highest BCUT2D eigenvalue weighted by Gasteiger charge is 2.32. The molecule has 0 unspecified atom stereocenters. The molecule has 0 saturated heterocycles. The van der Waals surface area contributed by atoms with Crippen molar-refractivity contribution in [2.45, 2.75) is 19.7 Å². The summed E-state index contributed by atoms with van der Waals surface area (Å²) < 4.78 is 46.6. The highest BCUT2D eigenvalue weighted by atomic mass is 35.5. The molecule has 2 rings (SSSR count). The molecule has 1 heterocycles. The van der Waals surface area contributed by atoms with E-state index in [1.807, 2.05) is 0 Å². The predicted molar refractivity (Wildman–Crippen MR) is 111 cm³/mol. The molecule has 0 aliphatic heterocycles. The summed E-state index contributed by atoms with van der Waals surface area (Å²) in [7, 11) is 0. The maximum Gasteiger partial charge on any atom is 0.573 e. The monoisotopic (exact) mass is 474 g/mol. The molecule has 0 radical (unpaired) electrons. The molecule has 174 valence electrons. The van der Waals surface area contributed by atoms with Gasteiger partial charge in [0, 0.05) is 31.1 Å². The first-order valence-electron chi connectivity index (χ1n) is 9.40. The van der Waals surface area contributed by atoms with Crippen LogP contribution in [0.4, 0.5) is 13.2 Å². The number of amides is 1. The largest absolute Gasteiger partial charge is 0.573 e. The van der Waals surface area contributed by atoms with Crippen LogP contribution in [-0.2, 0) is 16.0 Å². The Morgan fingerprint density at radius 1 is 1.34 bits per heavy atom. The normalized spacial score (nSPS) is 12.0. The molecule has 0 atom stereocenters. The van der Waals surface area contributed by atoms with Crippen LogP contribution in [0.2, 0.25) is 5.02 Å². The molecule has 0 spiro atoms. The highest BCUT2D eigenvalue weighted by molar-refractivity contribution is 6.32. The Hall–Kier alpha value is -2.89. The van der Waals surface area contributed by atoms with Crippen LogP contribution in [-0.4, -0.2) is 53.7 Å². The number of hydrogen-bond donors (Lipinski definition) is 3. The van der Waals surface area contributed by atoms with E-state index in [0.29, 0.717) is 16.8 Å². The van der Waals surface area contributed by atoms with E-state index in [0.717, 1.165) is 6.20 Å². The van der Waals surface area contributed by atoms with Crippen molar-refractivity contribution in [3.8, 4) is 5.75 Å². The Bertz CT molecular complexity index is 970. The SMILES string of the molecule is Cc1nc(/C(=C\N)C(=O)NCCOCCO)ncc1Cc1ccc(Cl)c(OC(F)(F)F)c1. The number of ether oxygens (including phenoxy) is 2. The molecule has 8 nitrogen and oxygen atoms in total. The molecule has 32 heavy (non-hydrogen) atoms. The molecule has 0 saturated carbocycles. The molecule has 0 bridgehead atoms. The maximum atomic E-state index is 12.5. The molecule has 2 aromatic rings. The standard InChI is InChI=1S/C20H22ClF3N4O4/c1-12-14(8-13-2-3-16(21)17(9-13)32-20(22,23)24)11-27-18(28-12)15(10-25)19(30)26-4-6-31-7-5-29/h2-3,9-11,29H,4-8,25H2,1H3,(H,26,30)/b15-10+. The van der Waals surface area contributed by atoms with Gasteiger partial charge in [0.2, 0.25) is 0 Å². The molecule has 0 aliphatic carbocycles. The van der Waals surface area contributed by atoms with Gasteiger partial charge in [0.15, 0.2) is 5.82 Å². The average Bonchev–Trinajstić information content (AvgIpc) is 2.71. The van der Waals surface area contributed by atoms with Gasteiger partial charge in [0.1, 0.15) is 5.75 Å². The molecule has 12 heteroatoms. The molecule has 0 aliphatic rings. The van der Waals surface area contributed by atoms with Crippen LogP contribution in [0.5, 0.6) is 5.75 Å². The maximum absolute atomic E-state index is 12.5. The Balaban J connectivity index is 2.11. The number of halogens is 4. The van der Waals surface area contributed by atoms with E-state index in [2.05, 4.69) is 20.0 Å². The second-order valence-corrected chi connectivity index (χ2v) is 6.87. The number of hydrogen-bond acceptors (Lipinski definition) is 7. The summed E-state index contributed by atoms with van der Waals surface area (Å²) in [5.41, 5.74) is 7.26. The molecule has 0 fully saturated rings. The molecular formula is C20H22ClF3N4O4. The summed E-state index contributed by atoms with van der Waals surface area (Å²) in [5.74, 6) is -0.904. The number of benzene rings is 1. The minimum absolute atomic E-state index is 0.0502. The Labute approximate surface area is 187 Å². The van der Waals surface area contributed by atoms with Crippen molar-refractivity contribution < 1.29 is 32.5 Å². The van der Waals surface area contributed by atoms with Gasteiger partial charge >= 0.3 is 6.36 Å². The van der Waals surface area contributed by atoms with Gasteiger partial charge < -0.3 is 25.6 Å². The van der Waals surface area contributed by atoms with E-state index < -0.39 is 18.0 Å². The van der Waals surface area contributed by atoms with Crippen LogP contribution in [0.15, 0.2) is 30.6 Å². The zero-order chi connectivity index (χ0) is 23.7. The highest BCUT2D eigenvalue weighted by Crippen LogP contribution is 2.31. The van der Waals surface area contributed by atoms with Crippen molar-refractivity contribution in [1.29, 1.82) is 0 Å². The Kier molecular flexibility index (Phi) is 9.24. The third-order valence-electron chi connectivity index (χ3n) is 4.12. The Morgan fingerprint density at radius 2 is 2.09 bits per heavy atom. The van der Waals surface area contributed by atoms with Crippen molar-refractivity contribution >= 4 is 23.1 Å². The number of aliphatic hydroxyl groups excluding tert-OH is 1. The number of aromatic nitrogens is 2. The number of nitrogens with one attached hydrogen (secondary N) is 1. The third-order valence-corrected chi connectivity index (χ3v) is 4.43. The lowest BCUT2D eigenvalue weighted by Gasteiger charge is -2.13. The molecule has 1 aromatic carbocycles. The number of rotatable bonds is 10. The first kappa shape index (κ1) is 25.4. The minimum Gasteiger partial charge on any atom is -0.404 e. The van der Waals surface area contributed by atoms with Crippen molar-refractivity contribution in [2.24, 2.45) is 5.73 Å². The van der Waals surface area contributed by atoms with Gasteiger partial charge in [-0.05, 0) is 30.2 Å². The quantitative estimate of drug-likeness (QED) is 0.357. The summed E-state index contributed by atoms with van der Waals surface area (Å²) in [6.45, 7) is 2.14. The number of aryl methyl sites for hydroxylation is 1. The van der Waals surface area contributed by atoms with Gasteiger partial charge in [0.05, 0.1) is 30.4 Å². The van der Waals surface area contributed by atoms with E-state index in [9.17, 15) is 18.0 Å². The van der Waals surface area contributed by atoms with Gasteiger partial charge in [-0.2, -0.15) is 0 Å². The first-order chi connectivity index (χ1) is 15.1. The second kappa shape index (κ2) is 11.7. The number of nitrogens with zero attached hydrogens (tertiary/aromatic N) is 2.